The summed E-state index contributed by atoms with van der Waals surface area (Å²) in [5.41, 5.74) is 8.94. The Hall–Kier alpha value is -5.15. The van der Waals surface area contributed by atoms with Crippen LogP contribution in [-0.4, -0.2) is 65.9 Å². The van der Waals surface area contributed by atoms with E-state index in [9.17, 15) is 10.1 Å². The summed E-state index contributed by atoms with van der Waals surface area (Å²) < 4.78 is 18.0. The van der Waals surface area contributed by atoms with Gasteiger partial charge in [0, 0.05) is 49.2 Å². The zero-order valence-corrected chi connectivity index (χ0v) is 34.6. The van der Waals surface area contributed by atoms with Gasteiger partial charge in [0.25, 0.3) is 6.47 Å². The minimum atomic E-state index is -0.564. The fraction of sp³-hybridized carbons (Fsp3) is 0.422. The smallest absolute Gasteiger partial charge is 0.407 e. The molecule has 1 amide bonds. The number of unbranched alkanes of at least 4 members (excludes halogenated alkanes) is 1. The third kappa shape index (κ3) is 14.4. The molecule has 0 bridgehead atoms. The lowest BCUT2D eigenvalue weighted by Crippen LogP contribution is -2.36. The Morgan fingerprint density at radius 2 is 1.60 bits per heavy atom. The van der Waals surface area contributed by atoms with E-state index in [-0.39, 0.29) is 13.1 Å². The summed E-state index contributed by atoms with van der Waals surface area (Å²) in [7, 11) is 0. The van der Waals surface area contributed by atoms with Crippen LogP contribution in [0, 0.1) is 25.2 Å². The molecule has 3 N–H and O–H groups in total. The van der Waals surface area contributed by atoms with E-state index in [1.807, 2.05) is 32.9 Å². The highest BCUT2D eigenvalue weighted by atomic mass is 35.5. The molecule has 0 aliphatic carbocycles. The maximum atomic E-state index is 12.0. The maximum Gasteiger partial charge on any atom is 0.407 e. The van der Waals surface area contributed by atoms with E-state index in [4.69, 9.17) is 35.7 Å². The molecular formula is C45H56ClN5O6. The van der Waals surface area contributed by atoms with Gasteiger partial charge in [0.15, 0.2) is 0 Å². The summed E-state index contributed by atoms with van der Waals surface area (Å²) in [4.78, 5) is 27.2. The Morgan fingerprint density at radius 1 is 0.930 bits per heavy atom. The number of nitrogens with one attached hydrogen (secondary N) is 2. The van der Waals surface area contributed by atoms with Crippen LogP contribution in [-0.2, 0) is 35.7 Å². The summed E-state index contributed by atoms with van der Waals surface area (Å²) in [5, 5.41) is 22.8. The second-order valence-corrected chi connectivity index (χ2v) is 15.5. The Kier molecular flexibility index (Phi) is 17.6. The number of aryl methyl sites for hydroxylation is 1. The van der Waals surface area contributed by atoms with Crippen LogP contribution in [0.15, 0.2) is 67.0 Å². The van der Waals surface area contributed by atoms with Crippen LogP contribution in [0.5, 0.6) is 11.5 Å². The van der Waals surface area contributed by atoms with Gasteiger partial charge in [-0.2, -0.15) is 5.26 Å². The Bertz CT molecular complexity index is 1970. The van der Waals surface area contributed by atoms with Gasteiger partial charge in [-0.15, -0.1) is 0 Å². The number of ether oxygens (including phenoxy) is 3. The molecule has 0 radical (unpaired) electrons. The number of halogens is 1. The quantitative estimate of drug-likeness (QED) is 0.0700. The minimum Gasteiger partial charge on any atom is -0.488 e. The van der Waals surface area contributed by atoms with E-state index in [2.05, 4.69) is 76.8 Å². The fourth-order valence-corrected chi connectivity index (χ4v) is 6.97. The predicted octanol–water partition coefficient (Wildman–Crippen LogP) is 8.78. The zero-order chi connectivity index (χ0) is 41.2. The van der Waals surface area contributed by atoms with Crippen LogP contribution >= 0.6 is 11.6 Å². The molecule has 12 heteroatoms. The number of aromatic nitrogens is 1. The SMILES string of the molecule is Cc1c(CCCCN2CCCC2)cccc1-c1cccc(COc2cc(OCc3cncc(C#N)c3)c(CNCCNC(=O)OC(C)(C)C)cc2Cl)c1C.O=CO. The number of nitrogens with zero attached hydrogens (tertiary/aromatic N) is 3. The standard InChI is InChI=1S/C44H54ClN5O4.CH2O2/c1-31-35(12-6-7-19-50-20-8-9-21-50)13-10-15-38(31)39-16-11-14-36(32(39)2)30-53-42-24-41(52-29-34-22-33(25-46)26-48-27-34)37(23-40(42)45)28-47-17-18-49-43(51)54-44(3,4)5;2-1-3/h10-11,13-16,22-24,26-27,47H,6-9,12,17-21,28-30H2,1-5H3,(H,49,51);1H,(H,2,3). The first-order chi connectivity index (χ1) is 27.4. The van der Waals surface area contributed by atoms with E-state index >= 15 is 0 Å². The van der Waals surface area contributed by atoms with Crippen molar-refractivity contribution < 1.29 is 28.9 Å². The van der Waals surface area contributed by atoms with E-state index in [0.29, 0.717) is 48.3 Å². The van der Waals surface area contributed by atoms with Gasteiger partial charge in [-0.1, -0.05) is 48.0 Å². The third-order valence-electron chi connectivity index (χ3n) is 9.65. The second-order valence-electron chi connectivity index (χ2n) is 15.1. The predicted molar refractivity (Wildman–Crippen MR) is 224 cm³/mol. The molecule has 1 aliphatic rings. The topological polar surface area (TPSA) is 146 Å². The Morgan fingerprint density at radius 3 is 2.28 bits per heavy atom. The van der Waals surface area contributed by atoms with Crippen LogP contribution in [0.4, 0.5) is 4.79 Å². The van der Waals surface area contributed by atoms with Crippen molar-refractivity contribution >= 4 is 24.2 Å². The first-order valence-electron chi connectivity index (χ1n) is 19.5. The number of hydrogen-bond donors (Lipinski definition) is 3. The van der Waals surface area contributed by atoms with Gasteiger partial charge < -0.3 is 34.9 Å². The van der Waals surface area contributed by atoms with Crippen LogP contribution in [0.3, 0.4) is 0 Å². The lowest BCUT2D eigenvalue weighted by atomic mass is 9.90. The number of rotatable bonds is 17. The molecule has 1 fully saturated rings. The minimum absolute atomic E-state index is 0.203. The second kappa shape index (κ2) is 22.6. The van der Waals surface area contributed by atoms with Crippen molar-refractivity contribution in [1.29, 1.82) is 5.26 Å². The number of amides is 1. The molecule has 0 atom stereocenters. The lowest BCUT2D eigenvalue weighted by Gasteiger charge is -2.20. The average Bonchev–Trinajstić information content (AvgIpc) is 3.70. The summed E-state index contributed by atoms with van der Waals surface area (Å²) >= 11 is 6.83. The molecule has 0 saturated carbocycles. The Balaban J connectivity index is 0.00000232. The summed E-state index contributed by atoms with van der Waals surface area (Å²) in [6.45, 7) is 15.2. The van der Waals surface area contributed by atoms with Crippen LogP contribution in [0.2, 0.25) is 5.02 Å². The third-order valence-corrected chi connectivity index (χ3v) is 9.95. The molecule has 11 nitrogen and oxygen atoms in total. The molecule has 1 saturated heterocycles. The highest BCUT2D eigenvalue weighted by Gasteiger charge is 2.17. The molecule has 0 spiro atoms. The number of carbonyl (C=O) groups excluding carboxylic acids is 1. The number of likely N-dealkylation sites (tertiary alicyclic amines) is 1. The molecule has 3 aromatic carbocycles. The van der Waals surface area contributed by atoms with Crippen LogP contribution in [0.1, 0.15) is 85.4 Å². The molecule has 1 aliphatic heterocycles. The highest BCUT2D eigenvalue weighted by Crippen LogP contribution is 2.35. The first-order valence-corrected chi connectivity index (χ1v) is 19.9. The van der Waals surface area contributed by atoms with Crippen molar-refractivity contribution in [1.82, 2.24) is 20.5 Å². The first kappa shape index (κ1) is 44.6. The van der Waals surface area contributed by atoms with Gasteiger partial charge in [-0.25, -0.2) is 4.79 Å². The number of pyridine rings is 1. The van der Waals surface area contributed by atoms with Crippen molar-refractivity contribution in [3.8, 4) is 28.7 Å². The van der Waals surface area contributed by atoms with Gasteiger partial charge in [0.1, 0.15) is 36.4 Å². The number of carboxylic acid groups (broad SMARTS) is 1. The van der Waals surface area contributed by atoms with Crippen molar-refractivity contribution in [3.05, 3.63) is 111 Å². The number of benzene rings is 3. The largest absolute Gasteiger partial charge is 0.488 e. The number of alkyl carbamates (subject to hydrolysis) is 1. The van der Waals surface area contributed by atoms with Crippen LogP contribution in [0.25, 0.3) is 11.1 Å². The number of hydrogen-bond acceptors (Lipinski definition) is 9. The van der Waals surface area contributed by atoms with E-state index < -0.39 is 11.7 Å². The molecular weight excluding hydrogens is 742 g/mol. The maximum absolute atomic E-state index is 12.0. The zero-order valence-electron chi connectivity index (χ0n) is 33.8. The molecule has 0 unspecified atom stereocenters. The van der Waals surface area contributed by atoms with Crippen LogP contribution < -0.4 is 20.1 Å². The molecule has 304 valence electrons. The van der Waals surface area contributed by atoms with E-state index in [1.54, 1.807) is 12.3 Å². The summed E-state index contributed by atoms with van der Waals surface area (Å²) in [5.74, 6) is 1.09. The Labute approximate surface area is 342 Å². The number of nitriles is 1. The number of carbonyl (C=O) groups is 2. The molecule has 57 heavy (non-hydrogen) atoms. The molecule has 2 heterocycles. The molecule has 5 rings (SSSR count). The molecule has 1 aromatic heterocycles. The summed E-state index contributed by atoms with van der Waals surface area (Å²) in [6, 6.07) is 20.6. The van der Waals surface area contributed by atoms with Gasteiger partial charge in [-0.3, -0.25) is 9.78 Å². The fourth-order valence-electron chi connectivity index (χ4n) is 6.73. The lowest BCUT2D eigenvalue weighted by molar-refractivity contribution is -0.122. The van der Waals surface area contributed by atoms with E-state index in [0.717, 1.165) is 23.1 Å². The highest BCUT2D eigenvalue weighted by molar-refractivity contribution is 6.32. The summed E-state index contributed by atoms with van der Waals surface area (Å²) in [6.07, 6.45) is 8.94. The average molecular weight is 798 g/mol. The van der Waals surface area contributed by atoms with Gasteiger partial charge in [-0.05, 0) is 132 Å². The normalized spacial score (nSPS) is 12.6. The van der Waals surface area contributed by atoms with Crippen molar-refractivity contribution in [3.63, 3.8) is 0 Å². The van der Waals surface area contributed by atoms with Gasteiger partial charge >= 0.3 is 6.09 Å². The van der Waals surface area contributed by atoms with Crippen molar-refractivity contribution in [2.24, 2.45) is 0 Å². The molecule has 4 aromatic rings. The van der Waals surface area contributed by atoms with E-state index in [1.165, 1.54) is 79.3 Å². The van der Waals surface area contributed by atoms with Crippen molar-refractivity contribution in [2.75, 3.05) is 32.7 Å². The van der Waals surface area contributed by atoms with Crippen molar-refractivity contribution in [2.45, 2.75) is 92.1 Å². The monoisotopic (exact) mass is 797 g/mol. The van der Waals surface area contributed by atoms with Gasteiger partial charge in [0.2, 0.25) is 0 Å². The van der Waals surface area contributed by atoms with Gasteiger partial charge in [0.05, 0.1) is 10.6 Å².